The van der Waals surface area contributed by atoms with E-state index in [2.05, 4.69) is 10.2 Å². The van der Waals surface area contributed by atoms with Crippen LogP contribution in [-0.2, 0) is 4.74 Å². The highest BCUT2D eigenvalue weighted by Crippen LogP contribution is 2.06. The number of esters is 1. The first kappa shape index (κ1) is 15.0. The Labute approximate surface area is 121 Å². The molecule has 0 atom stereocenters. The number of aryl methyl sites for hydroxylation is 1. The van der Waals surface area contributed by atoms with Gasteiger partial charge in [-0.2, -0.15) is 0 Å². The maximum absolute atomic E-state index is 11.9. The lowest BCUT2D eigenvalue weighted by molar-refractivity contribution is 0.0489. The van der Waals surface area contributed by atoms with Crippen LogP contribution < -0.4 is 5.32 Å². The van der Waals surface area contributed by atoms with Crippen molar-refractivity contribution in [3.8, 4) is 0 Å². The minimum absolute atomic E-state index is 0.216. The molecule has 0 saturated carbocycles. The van der Waals surface area contributed by atoms with Gasteiger partial charge in [0.2, 0.25) is 0 Å². The highest BCUT2D eigenvalue weighted by Gasteiger charge is 2.09. The van der Waals surface area contributed by atoms with Gasteiger partial charge in [-0.15, -0.1) is 0 Å². The molecular formula is C16H24N2O2. The number of carbonyl (C=O) groups excluding carboxylic acids is 1. The van der Waals surface area contributed by atoms with Crippen LogP contribution in [0.15, 0.2) is 24.3 Å². The molecule has 1 aromatic rings. The van der Waals surface area contributed by atoms with E-state index in [9.17, 15) is 4.79 Å². The lowest BCUT2D eigenvalue weighted by Gasteiger charge is -2.18. The van der Waals surface area contributed by atoms with Gasteiger partial charge in [0.05, 0.1) is 12.2 Å². The monoisotopic (exact) mass is 276 g/mol. The van der Waals surface area contributed by atoms with Gasteiger partial charge in [-0.25, -0.2) is 4.79 Å². The standard InChI is InChI=1S/C16H24N2O2/c1-14-5-2-6-15(13-14)16(19)20-12-4-10-18-9-3-7-17-8-11-18/h2,5-6,13,17H,3-4,7-12H2,1H3. The second-order valence-electron chi connectivity index (χ2n) is 5.30. The number of hydrogen-bond acceptors (Lipinski definition) is 4. The molecule has 110 valence electrons. The number of ether oxygens (including phenoxy) is 1. The van der Waals surface area contributed by atoms with Crippen molar-refractivity contribution < 1.29 is 9.53 Å². The molecule has 2 rings (SSSR count). The molecular weight excluding hydrogens is 252 g/mol. The summed E-state index contributed by atoms with van der Waals surface area (Å²) in [6, 6.07) is 7.53. The molecule has 4 nitrogen and oxygen atoms in total. The topological polar surface area (TPSA) is 41.6 Å². The number of carbonyl (C=O) groups is 1. The average molecular weight is 276 g/mol. The average Bonchev–Trinajstić information content (AvgIpc) is 2.72. The van der Waals surface area contributed by atoms with Crippen molar-refractivity contribution in [1.82, 2.24) is 10.2 Å². The van der Waals surface area contributed by atoms with Crippen LogP contribution in [0.3, 0.4) is 0 Å². The smallest absolute Gasteiger partial charge is 0.338 e. The van der Waals surface area contributed by atoms with Crippen LogP contribution in [0.4, 0.5) is 0 Å². The zero-order valence-electron chi connectivity index (χ0n) is 12.2. The SMILES string of the molecule is Cc1cccc(C(=O)OCCCN2CCCNCC2)c1. The molecule has 0 radical (unpaired) electrons. The normalized spacial score (nSPS) is 16.6. The van der Waals surface area contributed by atoms with Gasteiger partial charge in [-0.05, 0) is 45.0 Å². The third-order valence-corrected chi connectivity index (χ3v) is 3.54. The summed E-state index contributed by atoms with van der Waals surface area (Å²) < 4.78 is 5.32. The Morgan fingerprint density at radius 2 is 2.25 bits per heavy atom. The van der Waals surface area contributed by atoms with Crippen LogP contribution in [0.5, 0.6) is 0 Å². The molecule has 1 fully saturated rings. The first-order valence-corrected chi connectivity index (χ1v) is 7.42. The molecule has 1 N–H and O–H groups in total. The molecule has 4 heteroatoms. The van der Waals surface area contributed by atoms with E-state index >= 15 is 0 Å². The third-order valence-electron chi connectivity index (χ3n) is 3.54. The maximum atomic E-state index is 11.9. The van der Waals surface area contributed by atoms with Gasteiger partial charge in [0.1, 0.15) is 0 Å². The Hall–Kier alpha value is -1.39. The summed E-state index contributed by atoms with van der Waals surface area (Å²) in [5.74, 6) is -0.216. The summed E-state index contributed by atoms with van der Waals surface area (Å²) in [7, 11) is 0. The fourth-order valence-corrected chi connectivity index (χ4v) is 2.43. The van der Waals surface area contributed by atoms with Crippen LogP contribution in [0.25, 0.3) is 0 Å². The van der Waals surface area contributed by atoms with Gasteiger partial charge < -0.3 is 15.0 Å². The van der Waals surface area contributed by atoms with Crippen LogP contribution in [-0.4, -0.2) is 50.2 Å². The largest absolute Gasteiger partial charge is 0.462 e. The maximum Gasteiger partial charge on any atom is 0.338 e. The summed E-state index contributed by atoms with van der Waals surface area (Å²) in [4.78, 5) is 14.3. The Balaban J connectivity index is 1.66. The molecule has 0 bridgehead atoms. The van der Waals surface area contributed by atoms with Gasteiger partial charge in [0.15, 0.2) is 0 Å². The van der Waals surface area contributed by atoms with Crippen LogP contribution in [0.2, 0.25) is 0 Å². The van der Waals surface area contributed by atoms with Crippen LogP contribution in [0, 0.1) is 6.92 Å². The van der Waals surface area contributed by atoms with Crippen molar-refractivity contribution in [2.75, 3.05) is 39.3 Å². The number of nitrogens with one attached hydrogen (secondary N) is 1. The molecule has 20 heavy (non-hydrogen) atoms. The summed E-state index contributed by atoms with van der Waals surface area (Å²) in [5, 5.41) is 3.39. The fraction of sp³-hybridized carbons (Fsp3) is 0.562. The van der Waals surface area contributed by atoms with E-state index < -0.39 is 0 Å². The first-order chi connectivity index (χ1) is 9.75. The fourth-order valence-electron chi connectivity index (χ4n) is 2.43. The summed E-state index contributed by atoms with van der Waals surface area (Å²) >= 11 is 0. The van der Waals surface area contributed by atoms with Crippen molar-refractivity contribution in [2.45, 2.75) is 19.8 Å². The van der Waals surface area contributed by atoms with E-state index in [1.165, 1.54) is 6.42 Å². The summed E-state index contributed by atoms with van der Waals surface area (Å²) in [5.41, 5.74) is 1.72. The van der Waals surface area contributed by atoms with Crippen molar-refractivity contribution in [3.63, 3.8) is 0 Å². The van der Waals surface area contributed by atoms with Crippen molar-refractivity contribution in [2.24, 2.45) is 0 Å². The predicted octanol–water partition coefficient (Wildman–Crippen LogP) is 1.84. The Kier molecular flexibility index (Phi) is 6.02. The van der Waals surface area contributed by atoms with E-state index in [1.54, 1.807) is 6.07 Å². The van der Waals surface area contributed by atoms with E-state index in [4.69, 9.17) is 4.74 Å². The highest BCUT2D eigenvalue weighted by atomic mass is 16.5. The third kappa shape index (κ3) is 4.94. The van der Waals surface area contributed by atoms with Crippen molar-refractivity contribution in [3.05, 3.63) is 35.4 Å². The first-order valence-electron chi connectivity index (χ1n) is 7.42. The predicted molar refractivity (Wildman–Crippen MR) is 80.0 cm³/mol. The van der Waals surface area contributed by atoms with Crippen molar-refractivity contribution in [1.29, 1.82) is 0 Å². The van der Waals surface area contributed by atoms with E-state index in [1.807, 2.05) is 25.1 Å². The molecule has 1 saturated heterocycles. The number of hydrogen-bond donors (Lipinski definition) is 1. The lowest BCUT2D eigenvalue weighted by Crippen LogP contribution is -2.29. The zero-order valence-corrected chi connectivity index (χ0v) is 12.2. The molecule has 1 heterocycles. The molecule has 1 aliphatic rings. The molecule has 0 aromatic heterocycles. The Bertz CT molecular complexity index is 426. The van der Waals surface area contributed by atoms with Crippen LogP contribution in [0.1, 0.15) is 28.8 Å². The van der Waals surface area contributed by atoms with Crippen LogP contribution >= 0.6 is 0 Å². The summed E-state index contributed by atoms with van der Waals surface area (Å²) in [6.45, 7) is 7.87. The molecule has 0 unspecified atom stereocenters. The van der Waals surface area contributed by atoms with E-state index in [0.29, 0.717) is 12.2 Å². The van der Waals surface area contributed by atoms with Gasteiger partial charge in [-0.3, -0.25) is 0 Å². The molecule has 1 aromatic carbocycles. The minimum Gasteiger partial charge on any atom is -0.462 e. The van der Waals surface area contributed by atoms with E-state index in [0.717, 1.165) is 44.7 Å². The van der Waals surface area contributed by atoms with Gasteiger partial charge in [-0.1, -0.05) is 17.7 Å². The van der Waals surface area contributed by atoms with Gasteiger partial charge >= 0.3 is 5.97 Å². The highest BCUT2D eigenvalue weighted by molar-refractivity contribution is 5.89. The minimum atomic E-state index is -0.216. The zero-order chi connectivity index (χ0) is 14.2. The second-order valence-corrected chi connectivity index (χ2v) is 5.30. The van der Waals surface area contributed by atoms with Crippen molar-refractivity contribution >= 4 is 5.97 Å². The number of rotatable bonds is 5. The molecule has 0 amide bonds. The second kappa shape index (κ2) is 8.02. The molecule has 0 spiro atoms. The Morgan fingerprint density at radius 3 is 3.10 bits per heavy atom. The van der Waals surface area contributed by atoms with E-state index in [-0.39, 0.29) is 5.97 Å². The van der Waals surface area contributed by atoms with Gasteiger partial charge in [0, 0.05) is 19.6 Å². The number of benzene rings is 1. The Morgan fingerprint density at radius 1 is 1.35 bits per heavy atom. The number of nitrogens with zero attached hydrogens (tertiary/aromatic N) is 1. The van der Waals surface area contributed by atoms with Gasteiger partial charge in [0.25, 0.3) is 0 Å². The molecule has 1 aliphatic heterocycles. The lowest BCUT2D eigenvalue weighted by atomic mass is 10.1. The summed E-state index contributed by atoms with van der Waals surface area (Å²) in [6.07, 6.45) is 2.10. The molecule has 0 aliphatic carbocycles. The quantitative estimate of drug-likeness (QED) is 0.658.